The molecule has 1 aromatic heterocycles. The van der Waals surface area contributed by atoms with Crippen LogP contribution in [-0.4, -0.2) is 16.8 Å². The Hall–Kier alpha value is -0.930. The number of hydrogen-bond donors (Lipinski definition) is 0. The van der Waals surface area contributed by atoms with E-state index in [4.69, 9.17) is 16.3 Å². The van der Waals surface area contributed by atoms with Gasteiger partial charge in [0.2, 0.25) is 0 Å². The lowest BCUT2D eigenvalue weighted by molar-refractivity contribution is 0.415. The van der Waals surface area contributed by atoms with Gasteiger partial charge in [0.15, 0.2) is 0 Å². The van der Waals surface area contributed by atoms with E-state index < -0.39 is 0 Å². The number of fused-ring (bicyclic) bond motifs is 1. The smallest absolute Gasteiger partial charge is 0.133 e. The zero-order valence-corrected chi connectivity index (χ0v) is 13.2. The van der Waals surface area contributed by atoms with E-state index in [0.717, 1.165) is 28.0 Å². The van der Waals surface area contributed by atoms with E-state index in [1.165, 1.54) is 0 Å². The van der Waals surface area contributed by atoms with Gasteiger partial charge >= 0.3 is 0 Å². The molecule has 0 N–H and O–H groups in total. The molecule has 0 saturated heterocycles. The van der Waals surface area contributed by atoms with Crippen LogP contribution in [0.4, 0.5) is 0 Å². The van der Waals surface area contributed by atoms with Gasteiger partial charge in [-0.25, -0.2) is 4.98 Å². The molecular weight excluding hydrogens is 278 g/mol. The van der Waals surface area contributed by atoms with Gasteiger partial charge in [0, 0.05) is 27.5 Å². The van der Waals surface area contributed by atoms with E-state index in [0.29, 0.717) is 5.15 Å². The predicted octanol–water partition coefficient (Wildman–Crippen LogP) is 4.93. The van der Waals surface area contributed by atoms with Crippen molar-refractivity contribution in [2.24, 2.45) is 0 Å². The fraction of sp³-hybridized carbons (Fsp3) is 0.400. The molecular formula is C15H18ClNOS. The molecule has 19 heavy (non-hydrogen) atoms. The van der Waals surface area contributed by atoms with Crippen LogP contribution in [0.2, 0.25) is 5.15 Å². The summed E-state index contributed by atoms with van der Waals surface area (Å²) in [5.74, 6) is 1.67. The Morgan fingerprint density at radius 1 is 1.26 bits per heavy atom. The summed E-state index contributed by atoms with van der Waals surface area (Å²) in [6.45, 7) is 6.60. The van der Waals surface area contributed by atoms with Gasteiger partial charge in [-0.1, -0.05) is 32.4 Å². The highest BCUT2D eigenvalue weighted by Gasteiger charge is 2.13. The molecule has 0 unspecified atom stereocenters. The summed E-state index contributed by atoms with van der Waals surface area (Å²) in [4.78, 5) is 4.46. The fourth-order valence-corrected chi connectivity index (χ4v) is 2.79. The molecule has 4 heteroatoms. The summed E-state index contributed by atoms with van der Waals surface area (Å²) in [5.41, 5.74) is 1.95. The van der Waals surface area contributed by atoms with Crippen molar-refractivity contribution in [3.63, 3.8) is 0 Å². The van der Waals surface area contributed by atoms with Crippen molar-refractivity contribution in [3.05, 3.63) is 35.0 Å². The molecule has 0 radical (unpaired) electrons. The summed E-state index contributed by atoms with van der Waals surface area (Å²) in [6.07, 6.45) is 0. The van der Waals surface area contributed by atoms with Crippen molar-refractivity contribution in [2.45, 2.75) is 31.3 Å². The number of aromatic nitrogens is 1. The molecule has 0 aliphatic carbocycles. The number of thioether (sulfide) groups is 1. The molecule has 2 aromatic rings. The van der Waals surface area contributed by atoms with Gasteiger partial charge in [0.1, 0.15) is 10.9 Å². The molecule has 0 aliphatic heterocycles. The largest absolute Gasteiger partial charge is 0.497 e. The Morgan fingerprint density at radius 2 is 2.00 bits per heavy atom. The van der Waals surface area contributed by atoms with Crippen LogP contribution in [0, 0.1) is 0 Å². The van der Waals surface area contributed by atoms with Crippen LogP contribution in [0.5, 0.6) is 5.75 Å². The summed E-state index contributed by atoms with van der Waals surface area (Å²) in [6, 6.07) is 7.98. The third-order valence-corrected chi connectivity index (χ3v) is 4.36. The number of hydrogen-bond acceptors (Lipinski definition) is 3. The number of benzene rings is 1. The average molecular weight is 296 g/mol. The minimum atomic E-state index is 0.220. The summed E-state index contributed by atoms with van der Waals surface area (Å²) in [5, 5.41) is 1.67. The maximum atomic E-state index is 6.26. The molecule has 1 aromatic carbocycles. The lowest BCUT2D eigenvalue weighted by atomic mass is 10.1. The highest BCUT2D eigenvalue weighted by molar-refractivity contribution is 7.99. The molecule has 0 atom stereocenters. The SMILES string of the molecule is COc1ccc2cc(CSC(C)(C)C)c(Cl)nc2c1. The van der Waals surface area contributed by atoms with E-state index in [-0.39, 0.29) is 4.75 Å². The first kappa shape index (κ1) is 14.5. The van der Waals surface area contributed by atoms with Crippen LogP contribution in [0.1, 0.15) is 26.3 Å². The van der Waals surface area contributed by atoms with Gasteiger partial charge in [0.25, 0.3) is 0 Å². The lowest BCUT2D eigenvalue weighted by Crippen LogP contribution is -2.07. The Morgan fingerprint density at radius 3 is 2.63 bits per heavy atom. The van der Waals surface area contributed by atoms with E-state index in [1.54, 1.807) is 7.11 Å². The molecule has 0 spiro atoms. The average Bonchev–Trinajstić information content (AvgIpc) is 2.34. The summed E-state index contributed by atoms with van der Waals surface area (Å²) in [7, 11) is 1.65. The van der Waals surface area contributed by atoms with E-state index in [9.17, 15) is 0 Å². The molecule has 2 nitrogen and oxygen atoms in total. The predicted molar refractivity (Wildman–Crippen MR) is 84.4 cm³/mol. The second-order valence-corrected chi connectivity index (χ2v) is 7.56. The van der Waals surface area contributed by atoms with Gasteiger partial charge in [-0.15, -0.1) is 0 Å². The van der Waals surface area contributed by atoms with Gasteiger partial charge < -0.3 is 4.74 Å². The van der Waals surface area contributed by atoms with E-state index in [1.807, 2.05) is 30.0 Å². The second-order valence-electron chi connectivity index (χ2n) is 5.40. The Kier molecular flexibility index (Phi) is 4.26. The Labute approximate surface area is 123 Å². The van der Waals surface area contributed by atoms with Crippen molar-refractivity contribution in [1.82, 2.24) is 4.98 Å². The van der Waals surface area contributed by atoms with Crippen LogP contribution in [-0.2, 0) is 5.75 Å². The molecule has 0 aliphatic rings. The number of pyridine rings is 1. The quantitative estimate of drug-likeness (QED) is 0.750. The van der Waals surface area contributed by atoms with Crippen molar-refractivity contribution >= 4 is 34.3 Å². The van der Waals surface area contributed by atoms with Gasteiger partial charge in [0.05, 0.1) is 12.6 Å². The topological polar surface area (TPSA) is 22.1 Å². The summed E-state index contributed by atoms with van der Waals surface area (Å²) >= 11 is 8.13. The van der Waals surface area contributed by atoms with E-state index in [2.05, 4.69) is 31.8 Å². The lowest BCUT2D eigenvalue weighted by Gasteiger charge is -2.18. The minimum absolute atomic E-state index is 0.220. The number of rotatable bonds is 3. The third kappa shape index (κ3) is 3.77. The van der Waals surface area contributed by atoms with Crippen molar-refractivity contribution in [2.75, 3.05) is 7.11 Å². The van der Waals surface area contributed by atoms with Crippen molar-refractivity contribution in [1.29, 1.82) is 0 Å². The molecule has 0 bridgehead atoms. The van der Waals surface area contributed by atoms with Gasteiger partial charge in [-0.05, 0) is 18.2 Å². The van der Waals surface area contributed by atoms with Gasteiger partial charge in [-0.3, -0.25) is 0 Å². The number of methoxy groups -OCH3 is 1. The van der Waals surface area contributed by atoms with Crippen LogP contribution in [0.3, 0.4) is 0 Å². The number of halogens is 1. The highest BCUT2D eigenvalue weighted by Crippen LogP contribution is 2.31. The van der Waals surface area contributed by atoms with Crippen LogP contribution in [0.15, 0.2) is 24.3 Å². The minimum Gasteiger partial charge on any atom is -0.497 e. The third-order valence-electron chi connectivity index (χ3n) is 2.71. The summed E-state index contributed by atoms with van der Waals surface area (Å²) < 4.78 is 5.42. The molecule has 0 saturated carbocycles. The maximum absolute atomic E-state index is 6.26. The first-order valence-electron chi connectivity index (χ1n) is 6.16. The standard InChI is InChI=1S/C15H18ClNOS/c1-15(2,3)19-9-11-7-10-5-6-12(18-4)8-13(10)17-14(11)16/h5-8H,9H2,1-4H3. The molecule has 2 rings (SSSR count). The van der Waals surface area contributed by atoms with Crippen LogP contribution in [0.25, 0.3) is 10.9 Å². The molecule has 1 heterocycles. The zero-order chi connectivity index (χ0) is 14.0. The number of nitrogens with zero attached hydrogens (tertiary/aromatic N) is 1. The zero-order valence-electron chi connectivity index (χ0n) is 11.7. The monoisotopic (exact) mass is 295 g/mol. The van der Waals surface area contributed by atoms with Crippen molar-refractivity contribution in [3.8, 4) is 5.75 Å². The number of ether oxygens (including phenoxy) is 1. The first-order valence-corrected chi connectivity index (χ1v) is 7.52. The Balaban J connectivity index is 2.34. The Bertz CT molecular complexity index is 592. The first-order chi connectivity index (χ1) is 8.89. The molecule has 0 amide bonds. The van der Waals surface area contributed by atoms with E-state index >= 15 is 0 Å². The van der Waals surface area contributed by atoms with Gasteiger partial charge in [-0.2, -0.15) is 11.8 Å². The van der Waals surface area contributed by atoms with Crippen LogP contribution >= 0.6 is 23.4 Å². The molecule has 102 valence electrons. The maximum Gasteiger partial charge on any atom is 0.133 e. The second kappa shape index (κ2) is 5.59. The van der Waals surface area contributed by atoms with Crippen LogP contribution < -0.4 is 4.74 Å². The normalized spacial score (nSPS) is 11.8. The van der Waals surface area contributed by atoms with Crippen molar-refractivity contribution < 1.29 is 4.74 Å². The fourth-order valence-electron chi connectivity index (χ4n) is 1.69. The highest BCUT2D eigenvalue weighted by atomic mass is 35.5. The molecule has 0 fully saturated rings.